The van der Waals surface area contributed by atoms with Gasteiger partial charge in [0.05, 0.1) is 20.8 Å². The molecule has 0 unspecified atom stereocenters. The van der Waals surface area contributed by atoms with Crippen LogP contribution >= 0.6 is 11.3 Å². The fourth-order valence-electron chi connectivity index (χ4n) is 3.31. The molecule has 28 heavy (non-hydrogen) atoms. The van der Waals surface area contributed by atoms with E-state index in [0.29, 0.717) is 4.88 Å². The molecule has 0 bridgehead atoms. The first kappa shape index (κ1) is 18.4. The lowest BCUT2D eigenvalue weighted by molar-refractivity contribution is 0.103. The second-order valence-corrected chi connectivity index (χ2v) is 7.83. The van der Waals surface area contributed by atoms with Crippen LogP contribution in [0.3, 0.4) is 0 Å². The van der Waals surface area contributed by atoms with E-state index in [2.05, 4.69) is 29.8 Å². The van der Waals surface area contributed by atoms with E-state index in [-0.39, 0.29) is 5.91 Å². The summed E-state index contributed by atoms with van der Waals surface area (Å²) in [7, 11) is 0. The van der Waals surface area contributed by atoms with Crippen molar-refractivity contribution in [3.63, 3.8) is 0 Å². The van der Waals surface area contributed by atoms with Crippen LogP contribution in [0, 0.1) is 0 Å². The first-order valence-electron chi connectivity index (χ1n) is 9.65. The smallest absolute Gasteiger partial charge is 0.265 e. The van der Waals surface area contributed by atoms with Gasteiger partial charge >= 0.3 is 0 Å². The number of hydrogen-bond acceptors (Lipinski definition) is 3. The molecular formula is C23H23N3OS. The fraction of sp³-hybridized carbons (Fsp3) is 0.217. The minimum absolute atomic E-state index is 0.0846. The summed E-state index contributed by atoms with van der Waals surface area (Å²) >= 11 is 1.48. The second-order valence-electron chi connectivity index (χ2n) is 6.74. The van der Waals surface area contributed by atoms with Gasteiger partial charge < -0.3 is 9.88 Å². The maximum atomic E-state index is 12.7. The van der Waals surface area contributed by atoms with Crippen molar-refractivity contribution in [2.75, 3.05) is 5.32 Å². The summed E-state index contributed by atoms with van der Waals surface area (Å²) in [6, 6.07) is 20.0. The number of thiophene rings is 1. The van der Waals surface area contributed by atoms with Crippen molar-refractivity contribution in [2.24, 2.45) is 0 Å². The number of nitrogens with zero attached hydrogens (tertiary/aromatic N) is 2. The molecular weight excluding hydrogens is 366 g/mol. The lowest BCUT2D eigenvalue weighted by Gasteiger charge is -2.06. The molecule has 1 amide bonds. The Bertz CT molecular complexity index is 1110. The van der Waals surface area contributed by atoms with Crippen molar-refractivity contribution in [3.8, 4) is 10.7 Å². The molecule has 2 aromatic carbocycles. The van der Waals surface area contributed by atoms with Gasteiger partial charge in [0.2, 0.25) is 0 Å². The Morgan fingerprint density at radius 3 is 2.57 bits per heavy atom. The summed E-state index contributed by atoms with van der Waals surface area (Å²) in [6.07, 6.45) is 2.01. The van der Waals surface area contributed by atoms with E-state index in [0.717, 1.165) is 46.8 Å². The monoisotopic (exact) mass is 389 g/mol. The number of imidazole rings is 1. The first-order valence-corrected chi connectivity index (χ1v) is 10.5. The van der Waals surface area contributed by atoms with Gasteiger partial charge in [0.1, 0.15) is 0 Å². The highest BCUT2D eigenvalue weighted by Crippen LogP contribution is 2.31. The minimum atomic E-state index is -0.0846. The number of nitrogens with one attached hydrogen (secondary N) is 1. The summed E-state index contributed by atoms with van der Waals surface area (Å²) in [5.41, 5.74) is 4.19. The third-order valence-corrected chi connectivity index (χ3v) is 5.85. The Morgan fingerprint density at radius 2 is 1.82 bits per heavy atom. The van der Waals surface area contributed by atoms with Crippen molar-refractivity contribution in [1.29, 1.82) is 0 Å². The van der Waals surface area contributed by atoms with Crippen LogP contribution < -0.4 is 5.32 Å². The van der Waals surface area contributed by atoms with Gasteiger partial charge in [0.15, 0.2) is 5.82 Å². The normalized spacial score (nSPS) is 11.1. The highest BCUT2D eigenvalue weighted by atomic mass is 32.1. The average Bonchev–Trinajstić information content (AvgIpc) is 3.34. The van der Waals surface area contributed by atoms with E-state index < -0.39 is 0 Å². The zero-order valence-electron chi connectivity index (χ0n) is 16.1. The molecule has 4 rings (SSSR count). The minimum Gasteiger partial charge on any atom is -0.323 e. The average molecular weight is 390 g/mol. The number of rotatable bonds is 6. The van der Waals surface area contributed by atoms with E-state index in [1.807, 2.05) is 54.6 Å². The second kappa shape index (κ2) is 7.98. The van der Waals surface area contributed by atoms with Gasteiger partial charge in [-0.25, -0.2) is 4.98 Å². The number of hydrogen-bond donors (Lipinski definition) is 1. The van der Waals surface area contributed by atoms with E-state index >= 15 is 0 Å². The number of amides is 1. The summed E-state index contributed by atoms with van der Waals surface area (Å²) in [5.74, 6) is 0.845. The summed E-state index contributed by atoms with van der Waals surface area (Å²) in [5, 5.41) is 2.98. The number of benzene rings is 2. The Balaban J connectivity index is 1.61. The van der Waals surface area contributed by atoms with Crippen LogP contribution in [-0.2, 0) is 13.0 Å². The predicted molar refractivity (Wildman–Crippen MR) is 117 cm³/mol. The van der Waals surface area contributed by atoms with Gasteiger partial charge in [-0.1, -0.05) is 38.1 Å². The molecule has 0 atom stereocenters. The standard InChI is InChI=1S/C23H23N3OS/c1-3-15-26-19-8-6-5-7-18(19)25-22(26)20-13-14-21(28-20)23(27)24-17-11-9-16(4-2)10-12-17/h5-14H,3-4,15H2,1-2H3,(H,24,27). The summed E-state index contributed by atoms with van der Waals surface area (Å²) in [6.45, 7) is 5.18. The Morgan fingerprint density at radius 1 is 1.04 bits per heavy atom. The molecule has 142 valence electrons. The van der Waals surface area contributed by atoms with Gasteiger partial charge in [-0.15, -0.1) is 11.3 Å². The van der Waals surface area contributed by atoms with E-state index in [9.17, 15) is 4.79 Å². The third-order valence-electron chi connectivity index (χ3n) is 4.77. The van der Waals surface area contributed by atoms with Crippen LogP contribution in [0.2, 0.25) is 0 Å². The third kappa shape index (κ3) is 3.58. The van der Waals surface area contributed by atoms with Crippen molar-refractivity contribution in [2.45, 2.75) is 33.2 Å². The molecule has 0 aliphatic rings. The van der Waals surface area contributed by atoms with Crippen molar-refractivity contribution in [3.05, 3.63) is 71.1 Å². The summed E-state index contributed by atoms with van der Waals surface area (Å²) in [4.78, 5) is 19.2. The topological polar surface area (TPSA) is 46.9 Å². The first-order chi connectivity index (χ1) is 13.7. The zero-order chi connectivity index (χ0) is 19.5. The maximum absolute atomic E-state index is 12.7. The van der Waals surface area contributed by atoms with Gasteiger partial charge in [-0.3, -0.25) is 4.79 Å². The highest BCUT2D eigenvalue weighted by molar-refractivity contribution is 7.17. The molecule has 0 fully saturated rings. The molecule has 0 aliphatic carbocycles. The lowest BCUT2D eigenvalue weighted by Crippen LogP contribution is -2.09. The van der Waals surface area contributed by atoms with Crippen LogP contribution in [0.25, 0.3) is 21.7 Å². The van der Waals surface area contributed by atoms with Crippen LogP contribution in [-0.4, -0.2) is 15.5 Å². The Kier molecular flexibility index (Phi) is 5.26. The number of aromatic nitrogens is 2. The fourth-order valence-corrected chi connectivity index (χ4v) is 4.21. The molecule has 2 heterocycles. The SMILES string of the molecule is CCCn1c(-c2ccc(C(=O)Nc3ccc(CC)cc3)s2)nc2ccccc21. The van der Waals surface area contributed by atoms with Crippen molar-refractivity contribution >= 4 is 34.0 Å². The molecule has 1 N–H and O–H groups in total. The summed E-state index contributed by atoms with van der Waals surface area (Å²) < 4.78 is 2.24. The molecule has 2 aromatic heterocycles. The molecule has 4 nitrogen and oxygen atoms in total. The van der Waals surface area contributed by atoms with Gasteiger partial charge in [-0.05, 0) is 54.8 Å². The lowest BCUT2D eigenvalue weighted by atomic mass is 10.1. The highest BCUT2D eigenvalue weighted by Gasteiger charge is 2.16. The van der Waals surface area contributed by atoms with Crippen LogP contribution in [0.15, 0.2) is 60.7 Å². The Labute approximate surface area is 168 Å². The van der Waals surface area contributed by atoms with Crippen LogP contribution in [0.1, 0.15) is 35.5 Å². The molecule has 0 saturated carbocycles. The molecule has 0 saturated heterocycles. The van der Waals surface area contributed by atoms with Gasteiger partial charge in [0.25, 0.3) is 5.91 Å². The molecule has 0 spiro atoms. The Hall–Kier alpha value is -2.92. The van der Waals surface area contributed by atoms with Gasteiger partial charge in [0, 0.05) is 12.2 Å². The number of para-hydroxylation sites is 2. The largest absolute Gasteiger partial charge is 0.323 e. The quantitative estimate of drug-likeness (QED) is 0.440. The van der Waals surface area contributed by atoms with Gasteiger partial charge in [-0.2, -0.15) is 0 Å². The predicted octanol–water partition coefficient (Wildman–Crippen LogP) is 5.99. The molecule has 0 aliphatic heterocycles. The number of aryl methyl sites for hydroxylation is 2. The number of anilines is 1. The van der Waals surface area contributed by atoms with Crippen LogP contribution in [0.4, 0.5) is 5.69 Å². The van der Waals surface area contributed by atoms with E-state index in [1.165, 1.54) is 16.9 Å². The number of carbonyl (C=O) groups excluding carboxylic acids is 1. The molecule has 4 aromatic rings. The van der Waals surface area contributed by atoms with E-state index in [4.69, 9.17) is 4.98 Å². The maximum Gasteiger partial charge on any atom is 0.265 e. The number of fused-ring (bicyclic) bond motifs is 1. The number of carbonyl (C=O) groups is 1. The molecule has 0 radical (unpaired) electrons. The van der Waals surface area contributed by atoms with E-state index in [1.54, 1.807) is 0 Å². The molecule has 5 heteroatoms. The van der Waals surface area contributed by atoms with Crippen molar-refractivity contribution in [1.82, 2.24) is 9.55 Å². The van der Waals surface area contributed by atoms with Crippen LogP contribution in [0.5, 0.6) is 0 Å². The van der Waals surface area contributed by atoms with Crippen molar-refractivity contribution < 1.29 is 4.79 Å². The zero-order valence-corrected chi connectivity index (χ0v) is 16.9.